The van der Waals surface area contributed by atoms with Crippen molar-refractivity contribution >= 4 is 50.5 Å². The fourth-order valence-electron chi connectivity index (χ4n) is 2.71. The van der Waals surface area contributed by atoms with Gasteiger partial charge in [0.1, 0.15) is 0 Å². The van der Waals surface area contributed by atoms with Crippen molar-refractivity contribution in [2.24, 2.45) is 4.99 Å². The number of methoxy groups -OCH3 is 3. The maximum absolute atomic E-state index is 13.0. The van der Waals surface area contributed by atoms with Gasteiger partial charge in [0.25, 0.3) is 5.91 Å². The molecule has 1 aliphatic rings. The minimum absolute atomic E-state index is 0.108. The summed E-state index contributed by atoms with van der Waals surface area (Å²) in [6.45, 7) is 0.853. The summed E-state index contributed by atoms with van der Waals surface area (Å²) in [6.07, 6.45) is 1.83. The second-order valence-corrected chi connectivity index (χ2v) is 7.88. The van der Waals surface area contributed by atoms with Gasteiger partial charge in [-0.05, 0) is 47.7 Å². The number of carbonyl (C=O) groups is 1. The van der Waals surface area contributed by atoms with E-state index in [1.807, 2.05) is 48.5 Å². The molecule has 0 N–H and O–H groups in total. The highest BCUT2D eigenvalue weighted by Crippen LogP contribution is 2.38. The third-order valence-electron chi connectivity index (χ3n) is 4.18. The first kappa shape index (κ1) is 21.4. The van der Waals surface area contributed by atoms with E-state index in [0.29, 0.717) is 34.7 Å². The van der Waals surface area contributed by atoms with Gasteiger partial charge in [-0.1, -0.05) is 34.1 Å². The molecule has 0 bridgehead atoms. The zero-order valence-corrected chi connectivity index (χ0v) is 18.7. The van der Waals surface area contributed by atoms with Gasteiger partial charge < -0.3 is 14.2 Å². The molecule has 1 fully saturated rings. The predicted molar refractivity (Wildman–Crippen MR) is 120 cm³/mol. The van der Waals surface area contributed by atoms with Gasteiger partial charge in [-0.25, -0.2) is 4.99 Å². The average molecular weight is 477 g/mol. The number of amides is 1. The number of ether oxygens (including phenoxy) is 3. The Balaban J connectivity index is 1.98. The van der Waals surface area contributed by atoms with E-state index in [1.165, 1.54) is 11.8 Å². The molecular weight excluding hydrogens is 456 g/mol. The highest BCUT2D eigenvalue weighted by atomic mass is 79.9. The number of thioether (sulfide) groups is 1. The number of hydrogen-bond acceptors (Lipinski definition) is 6. The molecule has 0 aromatic heterocycles. The Hall–Kier alpha value is -2.29. The lowest BCUT2D eigenvalue weighted by Crippen LogP contribution is -2.32. The summed E-state index contributed by atoms with van der Waals surface area (Å²) in [6, 6.07) is 13.2. The first-order chi connectivity index (χ1) is 14.1. The summed E-state index contributed by atoms with van der Waals surface area (Å²) < 4.78 is 16.7. The third-order valence-corrected chi connectivity index (χ3v) is 5.87. The van der Waals surface area contributed by atoms with Crippen molar-refractivity contribution in [3.63, 3.8) is 0 Å². The van der Waals surface area contributed by atoms with Crippen molar-refractivity contribution in [2.45, 2.75) is 0 Å². The Kier molecular flexibility index (Phi) is 7.35. The fraction of sp³-hybridized carbons (Fsp3) is 0.238. The van der Waals surface area contributed by atoms with Crippen LogP contribution in [-0.2, 0) is 9.53 Å². The first-order valence-corrected chi connectivity index (χ1v) is 10.4. The molecule has 6 nitrogen and oxygen atoms in total. The van der Waals surface area contributed by atoms with Crippen LogP contribution in [-0.4, -0.2) is 50.5 Å². The number of hydrogen-bond donors (Lipinski definition) is 0. The minimum Gasteiger partial charge on any atom is -0.493 e. The van der Waals surface area contributed by atoms with Gasteiger partial charge in [-0.15, -0.1) is 0 Å². The SMILES string of the molecule is COCCN1C(=O)C(=Cc2cc(OC)c(OC)cc2Br)SC1=Nc1ccccc1. The zero-order chi connectivity index (χ0) is 20.8. The normalized spacial score (nSPS) is 16.7. The number of benzene rings is 2. The zero-order valence-electron chi connectivity index (χ0n) is 16.3. The van der Waals surface area contributed by atoms with Crippen molar-refractivity contribution < 1.29 is 19.0 Å². The molecule has 0 unspecified atom stereocenters. The second kappa shape index (κ2) is 9.96. The lowest BCUT2D eigenvalue weighted by molar-refractivity contribution is -0.122. The second-order valence-electron chi connectivity index (χ2n) is 6.02. The van der Waals surface area contributed by atoms with Gasteiger partial charge in [0.2, 0.25) is 0 Å². The van der Waals surface area contributed by atoms with Crippen LogP contribution in [0, 0.1) is 0 Å². The number of amidine groups is 1. The maximum atomic E-state index is 13.0. The molecule has 0 atom stereocenters. The summed E-state index contributed by atoms with van der Waals surface area (Å²) in [4.78, 5) is 19.9. The van der Waals surface area contributed by atoms with E-state index in [9.17, 15) is 4.79 Å². The van der Waals surface area contributed by atoms with E-state index in [0.717, 1.165) is 15.7 Å². The van der Waals surface area contributed by atoms with Crippen molar-refractivity contribution in [1.29, 1.82) is 0 Å². The van der Waals surface area contributed by atoms with Crippen molar-refractivity contribution in [1.82, 2.24) is 4.90 Å². The van der Waals surface area contributed by atoms with Gasteiger partial charge in [0.15, 0.2) is 16.7 Å². The number of para-hydroxylation sites is 1. The number of aliphatic imine (C=N–C) groups is 1. The van der Waals surface area contributed by atoms with Gasteiger partial charge >= 0.3 is 0 Å². The highest BCUT2D eigenvalue weighted by Gasteiger charge is 2.33. The Morgan fingerprint density at radius 1 is 1.10 bits per heavy atom. The van der Waals surface area contributed by atoms with Crippen LogP contribution in [0.1, 0.15) is 5.56 Å². The first-order valence-electron chi connectivity index (χ1n) is 8.83. The van der Waals surface area contributed by atoms with E-state index in [1.54, 1.807) is 26.2 Å². The number of carbonyl (C=O) groups excluding carboxylic acids is 1. The van der Waals surface area contributed by atoms with Crippen LogP contribution in [0.5, 0.6) is 11.5 Å². The molecule has 1 saturated heterocycles. The minimum atomic E-state index is -0.108. The van der Waals surface area contributed by atoms with Crippen molar-refractivity contribution in [3.8, 4) is 11.5 Å². The molecule has 152 valence electrons. The van der Waals surface area contributed by atoms with Crippen molar-refractivity contribution in [2.75, 3.05) is 34.5 Å². The maximum Gasteiger partial charge on any atom is 0.266 e. The van der Waals surface area contributed by atoms with E-state index >= 15 is 0 Å². The van der Waals surface area contributed by atoms with E-state index in [4.69, 9.17) is 14.2 Å². The van der Waals surface area contributed by atoms with Gasteiger partial charge in [-0.2, -0.15) is 0 Å². The summed E-state index contributed by atoms with van der Waals surface area (Å²) in [5, 5.41) is 0.626. The van der Waals surface area contributed by atoms with Crippen LogP contribution in [0.4, 0.5) is 5.69 Å². The largest absolute Gasteiger partial charge is 0.493 e. The summed E-state index contributed by atoms with van der Waals surface area (Å²) in [5.74, 6) is 1.09. The standard InChI is InChI=1S/C21H21BrN2O4S/c1-26-10-9-24-20(25)19(29-21(24)23-15-7-5-4-6-8-15)12-14-11-17(27-2)18(28-3)13-16(14)22/h4-8,11-13H,9-10H2,1-3H3. The Labute approximate surface area is 182 Å². The Bertz CT molecular complexity index is 947. The van der Waals surface area contributed by atoms with Crippen molar-refractivity contribution in [3.05, 3.63) is 57.4 Å². The lowest BCUT2D eigenvalue weighted by Gasteiger charge is -2.14. The molecule has 1 aliphatic heterocycles. The summed E-state index contributed by atoms with van der Waals surface area (Å²) in [5.41, 5.74) is 1.60. The van der Waals surface area contributed by atoms with Crippen LogP contribution in [0.25, 0.3) is 6.08 Å². The number of nitrogens with zero attached hydrogens (tertiary/aromatic N) is 2. The van der Waals surface area contributed by atoms with Crippen LogP contribution in [0.15, 0.2) is 56.8 Å². The highest BCUT2D eigenvalue weighted by molar-refractivity contribution is 9.10. The quantitative estimate of drug-likeness (QED) is 0.541. The lowest BCUT2D eigenvalue weighted by atomic mass is 10.2. The van der Waals surface area contributed by atoms with Crippen LogP contribution >= 0.6 is 27.7 Å². The molecule has 1 amide bonds. The molecule has 29 heavy (non-hydrogen) atoms. The molecule has 2 aromatic carbocycles. The molecule has 0 spiro atoms. The number of rotatable bonds is 7. The average Bonchev–Trinajstić information content (AvgIpc) is 3.02. The molecule has 1 heterocycles. The monoisotopic (exact) mass is 476 g/mol. The summed E-state index contributed by atoms with van der Waals surface area (Å²) >= 11 is 4.88. The van der Waals surface area contributed by atoms with Crippen LogP contribution in [0.2, 0.25) is 0 Å². The molecule has 3 rings (SSSR count). The molecular formula is C21H21BrN2O4S. The molecule has 0 aliphatic carbocycles. The molecule has 8 heteroatoms. The smallest absolute Gasteiger partial charge is 0.266 e. The van der Waals surface area contributed by atoms with Gasteiger partial charge in [0, 0.05) is 11.6 Å². The van der Waals surface area contributed by atoms with Gasteiger partial charge in [0.05, 0.1) is 38.0 Å². The van der Waals surface area contributed by atoms with Crippen LogP contribution < -0.4 is 9.47 Å². The molecule has 0 radical (unpaired) electrons. The molecule has 0 saturated carbocycles. The van der Waals surface area contributed by atoms with E-state index < -0.39 is 0 Å². The van der Waals surface area contributed by atoms with E-state index in [-0.39, 0.29) is 5.91 Å². The Morgan fingerprint density at radius 2 is 1.79 bits per heavy atom. The van der Waals surface area contributed by atoms with E-state index in [2.05, 4.69) is 20.9 Å². The Morgan fingerprint density at radius 3 is 2.45 bits per heavy atom. The number of halogens is 1. The third kappa shape index (κ3) is 5.01. The fourth-order valence-corrected chi connectivity index (χ4v) is 4.16. The van der Waals surface area contributed by atoms with Gasteiger partial charge in [-0.3, -0.25) is 9.69 Å². The van der Waals surface area contributed by atoms with Crippen LogP contribution in [0.3, 0.4) is 0 Å². The molecule has 2 aromatic rings. The summed E-state index contributed by atoms with van der Waals surface area (Å²) in [7, 11) is 4.77. The topological polar surface area (TPSA) is 60.4 Å². The predicted octanol–water partition coefficient (Wildman–Crippen LogP) is 4.72.